The average molecular weight is 486 g/mol. The molecule has 2 aliphatic heterocycles. The molecule has 1 atom stereocenters. The first-order valence-corrected chi connectivity index (χ1v) is 11.6. The number of amides is 4. The van der Waals surface area contributed by atoms with Crippen molar-refractivity contribution >= 4 is 29.4 Å². The van der Waals surface area contributed by atoms with Gasteiger partial charge in [0.25, 0.3) is 11.8 Å². The molecule has 4 rings (SSSR count). The maximum absolute atomic E-state index is 13.4. The Morgan fingerprint density at radius 1 is 1.09 bits per heavy atom. The fourth-order valence-electron chi connectivity index (χ4n) is 4.85. The average Bonchev–Trinajstić information content (AvgIpc) is 3.07. The lowest BCUT2D eigenvalue weighted by molar-refractivity contribution is -0.133. The number of para-hydroxylation sites is 1. The number of likely N-dealkylation sites (tertiary alicyclic amines) is 1. The number of benzene rings is 2. The number of piperidine rings is 1. The lowest BCUT2D eigenvalue weighted by Gasteiger charge is -2.39. The van der Waals surface area contributed by atoms with Crippen LogP contribution in [-0.2, 0) is 11.3 Å². The summed E-state index contributed by atoms with van der Waals surface area (Å²) in [5.74, 6) is 0.522. The third kappa shape index (κ3) is 4.18. The van der Waals surface area contributed by atoms with Gasteiger partial charge in [0.1, 0.15) is 5.54 Å². The Morgan fingerprint density at radius 2 is 1.79 bits per heavy atom. The van der Waals surface area contributed by atoms with Crippen LogP contribution in [0.3, 0.4) is 0 Å². The molecule has 180 valence electrons. The summed E-state index contributed by atoms with van der Waals surface area (Å²) in [5.41, 5.74) is 0.107. The molecule has 2 fully saturated rings. The van der Waals surface area contributed by atoms with Gasteiger partial charge in [-0.15, -0.1) is 0 Å². The van der Waals surface area contributed by atoms with Gasteiger partial charge in [0.05, 0.1) is 31.4 Å². The van der Waals surface area contributed by atoms with Crippen LogP contribution < -0.4 is 14.8 Å². The molecule has 1 N–H and O–H groups in total. The maximum Gasteiger partial charge on any atom is 0.325 e. The van der Waals surface area contributed by atoms with Gasteiger partial charge < -0.3 is 19.7 Å². The Kier molecular flexibility index (Phi) is 6.70. The van der Waals surface area contributed by atoms with Crippen LogP contribution in [0.5, 0.6) is 11.5 Å². The Hall–Kier alpha value is -3.26. The lowest BCUT2D eigenvalue weighted by Crippen LogP contribution is -2.54. The fourth-order valence-corrected chi connectivity index (χ4v) is 5.07. The number of carbonyl (C=O) groups excluding carboxylic acids is 3. The van der Waals surface area contributed by atoms with Gasteiger partial charge in [-0.05, 0) is 43.9 Å². The quantitative estimate of drug-likeness (QED) is 0.630. The summed E-state index contributed by atoms with van der Waals surface area (Å²) in [6.07, 6.45) is 1.18. The minimum atomic E-state index is -1.04. The zero-order chi connectivity index (χ0) is 24.5. The van der Waals surface area contributed by atoms with E-state index in [2.05, 4.69) is 5.32 Å². The van der Waals surface area contributed by atoms with Crippen LogP contribution in [-0.4, -0.2) is 60.5 Å². The van der Waals surface area contributed by atoms with E-state index in [0.717, 1.165) is 0 Å². The highest BCUT2D eigenvalue weighted by molar-refractivity contribution is 6.33. The van der Waals surface area contributed by atoms with E-state index in [-0.39, 0.29) is 24.3 Å². The Morgan fingerprint density at radius 3 is 2.44 bits per heavy atom. The summed E-state index contributed by atoms with van der Waals surface area (Å²) in [6, 6.07) is 11.9. The maximum atomic E-state index is 13.4. The summed E-state index contributed by atoms with van der Waals surface area (Å²) < 4.78 is 10.8. The minimum Gasteiger partial charge on any atom is -0.493 e. The number of hydrogen-bond donors (Lipinski definition) is 1. The standard InChI is InChI=1S/C25H28ClN3O5/c1-25(17-11-13-28(14-12-17)22(30)18-8-4-5-9-19(18)26)23(31)29(24(32)27-25)15-16-7-6-10-20(33-2)21(16)34-3/h4-10,17H,11-15H2,1-3H3,(H,27,32)/t25-/m1/s1. The number of ether oxygens (including phenoxy) is 2. The molecule has 4 amide bonds. The first kappa shape index (κ1) is 23.9. The number of nitrogens with one attached hydrogen (secondary N) is 1. The predicted molar refractivity (Wildman–Crippen MR) is 127 cm³/mol. The highest BCUT2D eigenvalue weighted by Crippen LogP contribution is 2.37. The molecule has 34 heavy (non-hydrogen) atoms. The van der Waals surface area contributed by atoms with E-state index in [0.29, 0.717) is 53.6 Å². The molecule has 9 heteroatoms. The van der Waals surface area contributed by atoms with Gasteiger partial charge in [-0.3, -0.25) is 14.5 Å². The molecule has 2 aliphatic rings. The van der Waals surface area contributed by atoms with E-state index in [1.54, 1.807) is 54.3 Å². The number of urea groups is 1. The fraction of sp³-hybridized carbons (Fsp3) is 0.400. The van der Waals surface area contributed by atoms with Crippen LogP contribution in [0, 0.1) is 5.92 Å². The van der Waals surface area contributed by atoms with Crippen LogP contribution in [0.15, 0.2) is 42.5 Å². The Bertz CT molecular complexity index is 1120. The van der Waals surface area contributed by atoms with Gasteiger partial charge >= 0.3 is 6.03 Å². The number of carbonyl (C=O) groups is 3. The van der Waals surface area contributed by atoms with Crippen LogP contribution in [0.25, 0.3) is 0 Å². The van der Waals surface area contributed by atoms with E-state index in [9.17, 15) is 14.4 Å². The van der Waals surface area contributed by atoms with Crippen molar-refractivity contribution in [2.75, 3.05) is 27.3 Å². The third-order valence-corrected chi connectivity index (χ3v) is 7.15. The number of methoxy groups -OCH3 is 2. The second kappa shape index (κ2) is 9.54. The topological polar surface area (TPSA) is 88.2 Å². The van der Waals surface area contributed by atoms with Crippen LogP contribution in [0.2, 0.25) is 5.02 Å². The van der Waals surface area contributed by atoms with Crippen molar-refractivity contribution in [2.24, 2.45) is 5.92 Å². The molecule has 2 heterocycles. The van der Waals surface area contributed by atoms with Crippen molar-refractivity contribution < 1.29 is 23.9 Å². The van der Waals surface area contributed by atoms with E-state index in [1.165, 1.54) is 19.1 Å². The molecule has 8 nitrogen and oxygen atoms in total. The van der Waals surface area contributed by atoms with Gasteiger partial charge in [0.2, 0.25) is 0 Å². The number of nitrogens with zero attached hydrogens (tertiary/aromatic N) is 2. The summed E-state index contributed by atoms with van der Waals surface area (Å²) in [5, 5.41) is 3.33. The van der Waals surface area contributed by atoms with Gasteiger partial charge in [-0.1, -0.05) is 35.9 Å². The van der Waals surface area contributed by atoms with E-state index < -0.39 is 11.6 Å². The van der Waals surface area contributed by atoms with Gasteiger partial charge in [-0.2, -0.15) is 0 Å². The lowest BCUT2D eigenvalue weighted by atomic mass is 9.78. The molecule has 0 saturated carbocycles. The molecule has 0 unspecified atom stereocenters. The van der Waals surface area contributed by atoms with Crippen molar-refractivity contribution in [3.05, 3.63) is 58.6 Å². The highest BCUT2D eigenvalue weighted by Gasteiger charge is 2.53. The normalized spacial score (nSPS) is 20.9. The first-order valence-electron chi connectivity index (χ1n) is 11.2. The van der Waals surface area contributed by atoms with E-state index >= 15 is 0 Å². The number of halogens is 1. The Labute approximate surface area is 203 Å². The molecule has 0 aliphatic carbocycles. The van der Waals surface area contributed by atoms with Gasteiger partial charge in [0.15, 0.2) is 11.5 Å². The number of hydrogen-bond acceptors (Lipinski definition) is 5. The molecule has 2 aromatic rings. The zero-order valence-corrected chi connectivity index (χ0v) is 20.2. The molecule has 0 radical (unpaired) electrons. The van der Waals surface area contributed by atoms with Crippen LogP contribution in [0.4, 0.5) is 4.79 Å². The Balaban J connectivity index is 1.46. The molecular formula is C25H28ClN3O5. The van der Waals surface area contributed by atoms with Crippen molar-refractivity contribution in [3.63, 3.8) is 0 Å². The van der Waals surface area contributed by atoms with E-state index in [4.69, 9.17) is 21.1 Å². The van der Waals surface area contributed by atoms with Crippen molar-refractivity contribution in [1.29, 1.82) is 0 Å². The third-order valence-electron chi connectivity index (χ3n) is 6.82. The smallest absolute Gasteiger partial charge is 0.325 e. The van der Waals surface area contributed by atoms with E-state index in [1.807, 2.05) is 0 Å². The SMILES string of the molecule is COc1cccc(CN2C(=O)N[C@](C)(C3CCN(C(=O)c4ccccc4Cl)CC3)C2=O)c1OC. The summed E-state index contributed by atoms with van der Waals surface area (Å²) in [7, 11) is 3.06. The second-order valence-electron chi connectivity index (χ2n) is 8.72. The molecule has 0 spiro atoms. The monoisotopic (exact) mass is 485 g/mol. The van der Waals surface area contributed by atoms with Crippen molar-refractivity contribution in [2.45, 2.75) is 31.8 Å². The minimum absolute atomic E-state index is 0.0739. The van der Waals surface area contributed by atoms with Crippen molar-refractivity contribution in [3.8, 4) is 11.5 Å². The van der Waals surface area contributed by atoms with Crippen LogP contribution in [0.1, 0.15) is 35.7 Å². The first-order chi connectivity index (χ1) is 16.3. The zero-order valence-electron chi connectivity index (χ0n) is 19.5. The molecule has 0 aromatic heterocycles. The molecule has 0 bridgehead atoms. The van der Waals surface area contributed by atoms with Crippen molar-refractivity contribution in [1.82, 2.24) is 15.1 Å². The summed E-state index contributed by atoms with van der Waals surface area (Å²) in [6.45, 7) is 2.81. The second-order valence-corrected chi connectivity index (χ2v) is 9.13. The van der Waals surface area contributed by atoms with Crippen LogP contribution >= 0.6 is 11.6 Å². The largest absolute Gasteiger partial charge is 0.493 e. The highest BCUT2D eigenvalue weighted by atomic mass is 35.5. The summed E-state index contributed by atoms with van der Waals surface area (Å²) in [4.78, 5) is 42.1. The predicted octanol–water partition coefficient (Wildman–Crippen LogP) is 3.72. The van der Waals surface area contributed by atoms with Gasteiger partial charge in [0, 0.05) is 18.7 Å². The molecule has 2 saturated heterocycles. The molecular weight excluding hydrogens is 458 g/mol. The molecule has 2 aromatic carbocycles. The number of imide groups is 1. The summed E-state index contributed by atoms with van der Waals surface area (Å²) >= 11 is 6.19. The van der Waals surface area contributed by atoms with Gasteiger partial charge in [-0.25, -0.2) is 4.79 Å². The number of rotatable bonds is 6.